The second-order valence-corrected chi connectivity index (χ2v) is 19.6. The third-order valence-corrected chi connectivity index (χ3v) is 15.4. The molecule has 3 nitrogen and oxygen atoms in total. The highest BCUT2D eigenvalue weighted by molar-refractivity contribution is 6.18. The molecule has 0 fully saturated rings. The summed E-state index contributed by atoms with van der Waals surface area (Å²) in [5.74, 6) is 0. The molecule has 358 valence electrons. The zero-order chi connectivity index (χ0) is 50.4. The Morgan fingerprint density at radius 2 is 0.724 bits per heavy atom. The van der Waals surface area contributed by atoms with E-state index in [-0.39, 0.29) is 0 Å². The molecule has 3 heteroatoms. The zero-order valence-corrected chi connectivity index (χ0v) is 41.8. The molecule has 0 saturated carbocycles. The van der Waals surface area contributed by atoms with Crippen molar-refractivity contribution in [3.63, 3.8) is 0 Å². The van der Waals surface area contributed by atoms with E-state index in [0.717, 1.165) is 62.0 Å². The number of anilines is 6. The molecule has 0 atom stereocenters. The summed E-state index contributed by atoms with van der Waals surface area (Å²) in [5, 5.41) is 2.38. The van der Waals surface area contributed by atoms with E-state index in [4.69, 9.17) is 0 Å². The molecule has 1 heterocycles. The second-order valence-electron chi connectivity index (χ2n) is 19.6. The van der Waals surface area contributed by atoms with Gasteiger partial charge in [-0.15, -0.1) is 0 Å². The summed E-state index contributed by atoms with van der Waals surface area (Å²) in [6, 6.07) is 113. The molecule has 76 heavy (non-hydrogen) atoms. The van der Waals surface area contributed by atoms with Crippen molar-refractivity contribution in [3.05, 3.63) is 332 Å². The first-order valence-electron chi connectivity index (χ1n) is 26.2. The van der Waals surface area contributed by atoms with Crippen LogP contribution < -0.4 is 9.80 Å². The van der Waals surface area contributed by atoms with Crippen LogP contribution in [0.15, 0.2) is 309 Å². The Morgan fingerprint density at radius 1 is 0.276 bits per heavy atom. The molecule has 0 radical (unpaired) electrons. The third-order valence-electron chi connectivity index (χ3n) is 15.4. The van der Waals surface area contributed by atoms with E-state index in [9.17, 15) is 0 Å². The van der Waals surface area contributed by atoms with Crippen molar-refractivity contribution in [3.8, 4) is 39.1 Å². The van der Waals surface area contributed by atoms with Gasteiger partial charge in [0.05, 0.1) is 22.1 Å². The molecule has 0 bridgehead atoms. The SMILES string of the molecule is c1ccc(-c2ccc(-n3c4ccccc4c4c(N(c5ccccc5)c5ccccc5)cc(-c5ccc(N(c6ccccc6)c6ccc7c(c6)C(c6ccccc6)(c6ccccc6)c6ccccc6-7)cc5)cc43)cc2)cc1. The quantitative estimate of drug-likeness (QED) is 0.128. The Balaban J connectivity index is 0.958. The normalized spacial score (nSPS) is 12.3. The Kier molecular flexibility index (Phi) is 11.1. The molecule has 13 aromatic rings. The number of nitrogens with zero attached hydrogens (tertiary/aromatic N) is 3. The van der Waals surface area contributed by atoms with Gasteiger partial charge in [-0.05, 0) is 147 Å². The molecule has 14 rings (SSSR count). The summed E-state index contributed by atoms with van der Waals surface area (Å²) < 4.78 is 2.45. The highest BCUT2D eigenvalue weighted by Gasteiger charge is 2.46. The van der Waals surface area contributed by atoms with Gasteiger partial charge in [-0.3, -0.25) is 0 Å². The Bertz CT molecular complexity index is 4100. The maximum Gasteiger partial charge on any atom is 0.0714 e. The fourth-order valence-corrected chi connectivity index (χ4v) is 12.1. The molecule has 1 aromatic heterocycles. The number of para-hydroxylation sites is 4. The summed E-state index contributed by atoms with van der Waals surface area (Å²) in [6.07, 6.45) is 0. The van der Waals surface area contributed by atoms with Gasteiger partial charge >= 0.3 is 0 Å². The van der Waals surface area contributed by atoms with Crippen LogP contribution in [0.4, 0.5) is 34.1 Å². The van der Waals surface area contributed by atoms with Gasteiger partial charge in [0, 0.05) is 44.9 Å². The third kappa shape index (κ3) is 7.43. The standard InChI is InChI=1S/C73H51N3/c1-7-23-52(24-8-1)53-39-45-62(46-40-53)76-69-38-22-20-36-66(69)72-70(75(59-31-15-5-16-32-59)60-33-17-6-18-34-60)49-55(50-71(72)76)54-41-43-61(44-42-54)74(58-29-13-4-14-30-58)63-47-48-65-64-35-19-21-37-67(64)73(68(65)51-63,56-25-9-2-10-26-56)57-27-11-3-12-28-57/h1-51H. The van der Waals surface area contributed by atoms with Gasteiger partial charge in [-0.2, -0.15) is 0 Å². The Hall–Kier alpha value is -9.96. The Labute approximate surface area is 444 Å². The lowest BCUT2D eigenvalue weighted by Crippen LogP contribution is -2.28. The van der Waals surface area contributed by atoms with E-state index in [1.807, 2.05) is 0 Å². The van der Waals surface area contributed by atoms with Crippen LogP contribution in [0.1, 0.15) is 22.3 Å². The van der Waals surface area contributed by atoms with Crippen molar-refractivity contribution in [2.24, 2.45) is 0 Å². The first kappa shape index (κ1) is 44.7. The fourth-order valence-electron chi connectivity index (χ4n) is 12.1. The number of benzene rings is 12. The lowest BCUT2D eigenvalue weighted by Gasteiger charge is -2.35. The molecule has 0 unspecified atom stereocenters. The van der Waals surface area contributed by atoms with Crippen molar-refractivity contribution < 1.29 is 0 Å². The van der Waals surface area contributed by atoms with Gasteiger partial charge in [0.1, 0.15) is 0 Å². The lowest BCUT2D eigenvalue weighted by molar-refractivity contribution is 0.768. The van der Waals surface area contributed by atoms with Crippen LogP contribution in [-0.2, 0) is 5.41 Å². The molecule has 0 N–H and O–H groups in total. The van der Waals surface area contributed by atoms with Gasteiger partial charge in [0.2, 0.25) is 0 Å². The summed E-state index contributed by atoms with van der Waals surface area (Å²) >= 11 is 0. The van der Waals surface area contributed by atoms with Crippen LogP contribution in [0.2, 0.25) is 0 Å². The molecule has 12 aromatic carbocycles. The van der Waals surface area contributed by atoms with Crippen molar-refractivity contribution in [1.82, 2.24) is 4.57 Å². The van der Waals surface area contributed by atoms with E-state index in [1.54, 1.807) is 0 Å². The highest BCUT2D eigenvalue weighted by atomic mass is 15.2. The van der Waals surface area contributed by atoms with Crippen LogP contribution in [-0.4, -0.2) is 4.57 Å². The van der Waals surface area contributed by atoms with E-state index >= 15 is 0 Å². The van der Waals surface area contributed by atoms with Crippen molar-refractivity contribution in [1.29, 1.82) is 0 Å². The number of rotatable bonds is 11. The van der Waals surface area contributed by atoms with Gasteiger partial charge in [0.25, 0.3) is 0 Å². The van der Waals surface area contributed by atoms with Crippen LogP contribution in [0.3, 0.4) is 0 Å². The highest BCUT2D eigenvalue weighted by Crippen LogP contribution is 2.57. The van der Waals surface area contributed by atoms with E-state index in [1.165, 1.54) is 55.3 Å². The second kappa shape index (κ2) is 18.8. The van der Waals surface area contributed by atoms with Gasteiger partial charge < -0.3 is 14.4 Å². The molecular formula is C73H51N3. The van der Waals surface area contributed by atoms with Gasteiger partial charge in [0.15, 0.2) is 0 Å². The molecular weight excluding hydrogens is 919 g/mol. The molecule has 0 aliphatic heterocycles. The minimum absolute atomic E-state index is 0.521. The molecule has 1 aliphatic carbocycles. The predicted molar refractivity (Wildman–Crippen MR) is 318 cm³/mol. The first-order valence-corrected chi connectivity index (χ1v) is 26.2. The molecule has 0 amide bonds. The van der Waals surface area contributed by atoms with Crippen molar-refractivity contribution >= 4 is 55.9 Å². The molecule has 1 aliphatic rings. The summed E-state index contributed by atoms with van der Waals surface area (Å²) in [4.78, 5) is 4.83. The van der Waals surface area contributed by atoms with Crippen LogP contribution in [0.5, 0.6) is 0 Å². The number of aromatic nitrogens is 1. The Morgan fingerprint density at radius 3 is 1.34 bits per heavy atom. The fraction of sp³-hybridized carbons (Fsp3) is 0.0137. The van der Waals surface area contributed by atoms with E-state index < -0.39 is 5.41 Å². The smallest absolute Gasteiger partial charge is 0.0714 e. The predicted octanol–water partition coefficient (Wildman–Crippen LogP) is 19.4. The monoisotopic (exact) mass is 969 g/mol. The van der Waals surface area contributed by atoms with Gasteiger partial charge in [-0.1, -0.05) is 218 Å². The van der Waals surface area contributed by atoms with Crippen LogP contribution in [0, 0.1) is 0 Å². The summed E-state index contributed by atoms with van der Waals surface area (Å²) in [5.41, 5.74) is 21.6. The van der Waals surface area contributed by atoms with E-state index in [0.29, 0.717) is 0 Å². The molecule has 0 spiro atoms. The topological polar surface area (TPSA) is 11.4 Å². The summed E-state index contributed by atoms with van der Waals surface area (Å²) in [7, 11) is 0. The van der Waals surface area contributed by atoms with Crippen molar-refractivity contribution in [2.75, 3.05) is 9.80 Å². The number of hydrogen-bond donors (Lipinski definition) is 0. The van der Waals surface area contributed by atoms with Crippen LogP contribution in [0.25, 0.3) is 60.9 Å². The van der Waals surface area contributed by atoms with Crippen molar-refractivity contribution in [2.45, 2.75) is 5.41 Å². The average molecular weight is 970 g/mol. The van der Waals surface area contributed by atoms with Crippen LogP contribution >= 0.6 is 0 Å². The number of hydrogen-bond acceptors (Lipinski definition) is 2. The number of fused-ring (bicyclic) bond motifs is 6. The summed E-state index contributed by atoms with van der Waals surface area (Å²) in [6.45, 7) is 0. The minimum atomic E-state index is -0.521. The average Bonchev–Trinajstić information content (AvgIpc) is 4.00. The lowest BCUT2D eigenvalue weighted by atomic mass is 9.67. The maximum atomic E-state index is 2.45. The first-order chi connectivity index (χ1) is 37.7. The van der Waals surface area contributed by atoms with Gasteiger partial charge in [-0.25, -0.2) is 0 Å². The minimum Gasteiger partial charge on any atom is -0.310 e. The van der Waals surface area contributed by atoms with E-state index in [2.05, 4.69) is 324 Å². The zero-order valence-electron chi connectivity index (χ0n) is 41.8. The largest absolute Gasteiger partial charge is 0.310 e. The molecule has 0 saturated heterocycles. The maximum absolute atomic E-state index is 2.45.